The van der Waals surface area contributed by atoms with Crippen molar-refractivity contribution in [3.8, 4) is 10.8 Å². The first-order valence-corrected chi connectivity index (χ1v) is 6.96. The number of aryl methyl sites for hydroxylation is 1. The second-order valence-corrected chi connectivity index (χ2v) is 5.19. The number of thiophene rings is 1. The molecule has 7 heteroatoms. The van der Waals surface area contributed by atoms with E-state index in [2.05, 4.69) is 15.5 Å². The molecule has 0 radical (unpaired) electrons. The van der Waals surface area contributed by atoms with Gasteiger partial charge in [0.05, 0.1) is 5.69 Å². The first-order chi connectivity index (χ1) is 10.1. The molecule has 0 atom stereocenters. The summed E-state index contributed by atoms with van der Waals surface area (Å²) in [6, 6.07) is 7.23. The Kier molecular flexibility index (Phi) is 3.49. The maximum absolute atomic E-state index is 13.1. The summed E-state index contributed by atoms with van der Waals surface area (Å²) < 4.78 is 18.2. The minimum atomic E-state index is -0.458. The van der Waals surface area contributed by atoms with Gasteiger partial charge >= 0.3 is 0 Å². The maximum atomic E-state index is 13.1. The van der Waals surface area contributed by atoms with E-state index < -0.39 is 11.7 Å². The monoisotopic (exact) mass is 303 g/mol. The van der Waals surface area contributed by atoms with E-state index in [1.54, 1.807) is 24.4 Å². The van der Waals surface area contributed by atoms with Crippen molar-refractivity contribution in [3.05, 3.63) is 52.9 Å². The summed E-state index contributed by atoms with van der Waals surface area (Å²) in [5.74, 6) is 0.00366. The molecule has 3 rings (SSSR count). The number of nitrogens with zero attached hydrogens (tertiary/aromatic N) is 2. The topological polar surface area (TPSA) is 68.0 Å². The van der Waals surface area contributed by atoms with Gasteiger partial charge in [-0.1, -0.05) is 11.2 Å². The molecule has 21 heavy (non-hydrogen) atoms. The molecule has 106 valence electrons. The van der Waals surface area contributed by atoms with Crippen molar-refractivity contribution < 1.29 is 13.7 Å². The Balaban J connectivity index is 1.86. The van der Waals surface area contributed by atoms with Crippen molar-refractivity contribution in [3.63, 3.8) is 0 Å². The lowest BCUT2D eigenvalue weighted by molar-refractivity contribution is 0.102. The first kappa shape index (κ1) is 13.4. The van der Waals surface area contributed by atoms with E-state index in [-0.39, 0.29) is 5.56 Å². The van der Waals surface area contributed by atoms with E-state index in [1.807, 2.05) is 0 Å². The SMILES string of the molecule is Cc1noc(-c2sccc2NC(=O)c2cccc(F)c2)n1. The second kappa shape index (κ2) is 5.45. The molecular formula is C14H10FN3O2S. The Morgan fingerprint density at radius 3 is 2.95 bits per heavy atom. The van der Waals surface area contributed by atoms with Crippen molar-refractivity contribution in [2.45, 2.75) is 6.92 Å². The highest BCUT2D eigenvalue weighted by atomic mass is 32.1. The number of hydrogen-bond donors (Lipinski definition) is 1. The van der Waals surface area contributed by atoms with Crippen molar-refractivity contribution in [2.75, 3.05) is 5.32 Å². The molecule has 0 spiro atoms. The second-order valence-electron chi connectivity index (χ2n) is 4.27. The molecule has 3 aromatic rings. The van der Waals surface area contributed by atoms with Gasteiger partial charge in [0.2, 0.25) is 0 Å². The van der Waals surface area contributed by atoms with Crippen LogP contribution in [0.4, 0.5) is 10.1 Å². The fourth-order valence-corrected chi connectivity index (χ4v) is 2.56. The number of benzene rings is 1. The summed E-state index contributed by atoms with van der Waals surface area (Å²) in [6.45, 7) is 1.71. The highest BCUT2D eigenvalue weighted by Crippen LogP contribution is 2.32. The lowest BCUT2D eigenvalue weighted by Crippen LogP contribution is -2.12. The van der Waals surface area contributed by atoms with Gasteiger partial charge in [-0.15, -0.1) is 11.3 Å². The predicted octanol–water partition coefficient (Wildman–Crippen LogP) is 3.50. The molecule has 0 saturated heterocycles. The summed E-state index contributed by atoms with van der Waals surface area (Å²) in [5.41, 5.74) is 0.798. The van der Waals surface area contributed by atoms with E-state index in [0.29, 0.717) is 22.3 Å². The molecule has 2 aromatic heterocycles. The van der Waals surface area contributed by atoms with Gasteiger partial charge in [0, 0.05) is 5.56 Å². The van der Waals surface area contributed by atoms with Crippen LogP contribution in [0.25, 0.3) is 10.8 Å². The van der Waals surface area contributed by atoms with Gasteiger partial charge in [0.1, 0.15) is 10.7 Å². The number of carbonyl (C=O) groups excluding carboxylic acids is 1. The van der Waals surface area contributed by atoms with E-state index in [4.69, 9.17) is 4.52 Å². The number of amides is 1. The van der Waals surface area contributed by atoms with E-state index in [0.717, 1.165) is 0 Å². The quantitative estimate of drug-likeness (QED) is 0.804. The molecule has 0 unspecified atom stereocenters. The Hall–Kier alpha value is -2.54. The fraction of sp³-hybridized carbons (Fsp3) is 0.0714. The lowest BCUT2D eigenvalue weighted by Gasteiger charge is -2.04. The highest BCUT2D eigenvalue weighted by Gasteiger charge is 2.16. The van der Waals surface area contributed by atoms with Crippen LogP contribution in [0.1, 0.15) is 16.2 Å². The third-order valence-corrected chi connectivity index (χ3v) is 3.62. The predicted molar refractivity (Wildman–Crippen MR) is 76.7 cm³/mol. The zero-order valence-electron chi connectivity index (χ0n) is 11.0. The Labute approximate surface area is 123 Å². The number of halogens is 1. The molecule has 2 heterocycles. The number of aromatic nitrogens is 2. The average molecular weight is 303 g/mol. The normalized spacial score (nSPS) is 10.6. The molecule has 0 bridgehead atoms. The Morgan fingerprint density at radius 1 is 1.38 bits per heavy atom. The Morgan fingerprint density at radius 2 is 2.24 bits per heavy atom. The molecular weight excluding hydrogens is 293 g/mol. The molecule has 5 nitrogen and oxygen atoms in total. The molecule has 0 fully saturated rings. The molecule has 0 aliphatic heterocycles. The molecule has 0 saturated carbocycles. The fourth-order valence-electron chi connectivity index (χ4n) is 1.79. The van der Waals surface area contributed by atoms with Crippen LogP contribution < -0.4 is 5.32 Å². The van der Waals surface area contributed by atoms with Crippen LogP contribution in [0.3, 0.4) is 0 Å². The van der Waals surface area contributed by atoms with Crippen LogP contribution in [0.2, 0.25) is 0 Å². The molecule has 0 aliphatic carbocycles. The summed E-state index contributed by atoms with van der Waals surface area (Å²) >= 11 is 1.37. The minimum Gasteiger partial charge on any atom is -0.333 e. The van der Waals surface area contributed by atoms with Crippen LogP contribution in [0, 0.1) is 12.7 Å². The van der Waals surface area contributed by atoms with Crippen molar-refractivity contribution in [1.29, 1.82) is 0 Å². The van der Waals surface area contributed by atoms with Gasteiger partial charge in [-0.3, -0.25) is 4.79 Å². The van der Waals surface area contributed by atoms with Crippen molar-refractivity contribution in [1.82, 2.24) is 10.1 Å². The van der Waals surface area contributed by atoms with Crippen LogP contribution in [0.15, 0.2) is 40.2 Å². The van der Waals surface area contributed by atoms with E-state index in [1.165, 1.54) is 29.5 Å². The van der Waals surface area contributed by atoms with Gasteiger partial charge in [-0.25, -0.2) is 4.39 Å². The lowest BCUT2D eigenvalue weighted by atomic mass is 10.2. The summed E-state index contributed by atoms with van der Waals surface area (Å²) in [7, 11) is 0. The third kappa shape index (κ3) is 2.82. The highest BCUT2D eigenvalue weighted by molar-refractivity contribution is 7.14. The molecule has 1 aromatic carbocycles. The van der Waals surface area contributed by atoms with E-state index in [9.17, 15) is 9.18 Å². The number of hydrogen-bond acceptors (Lipinski definition) is 5. The minimum absolute atomic E-state index is 0.244. The molecule has 1 amide bonds. The van der Waals surface area contributed by atoms with Crippen molar-refractivity contribution >= 4 is 22.9 Å². The number of anilines is 1. The zero-order chi connectivity index (χ0) is 14.8. The van der Waals surface area contributed by atoms with Crippen LogP contribution in [-0.4, -0.2) is 16.0 Å². The summed E-state index contributed by atoms with van der Waals surface area (Å²) in [6.07, 6.45) is 0. The van der Waals surface area contributed by atoms with Gasteiger partial charge in [0.15, 0.2) is 5.82 Å². The average Bonchev–Trinajstić information content (AvgIpc) is 3.07. The molecule has 1 N–H and O–H groups in total. The summed E-state index contributed by atoms with van der Waals surface area (Å²) in [4.78, 5) is 16.9. The summed E-state index contributed by atoms with van der Waals surface area (Å²) in [5, 5.41) is 8.24. The van der Waals surface area contributed by atoms with Crippen LogP contribution in [-0.2, 0) is 0 Å². The number of rotatable bonds is 3. The van der Waals surface area contributed by atoms with Crippen LogP contribution in [0.5, 0.6) is 0 Å². The van der Waals surface area contributed by atoms with E-state index >= 15 is 0 Å². The zero-order valence-corrected chi connectivity index (χ0v) is 11.8. The Bertz CT molecular complexity index is 797. The maximum Gasteiger partial charge on any atom is 0.270 e. The van der Waals surface area contributed by atoms with Gasteiger partial charge in [-0.2, -0.15) is 4.98 Å². The number of carbonyl (C=O) groups is 1. The number of nitrogens with one attached hydrogen (secondary N) is 1. The third-order valence-electron chi connectivity index (χ3n) is 2.72. The largest absolute Gasteiger partial charge is 0.333 e. The van der Waals surface area contributed by atoms with Gasteiger partial charge in [-0.05, 0) is 36.6 Å². The first-order valence-electron chi connectivity index (χ1n) is 6.08. The standard InChI is InChI=1S/C14H10FN3O2S/c1-8-16-14(20-18-8)12-11(5-6-21-12)17-13(19)9-3-2-4-10(15)7-9/h2-7H,1H3,(H,17,19). The van der Waals surface area contributed by atoms with Gasteiger partial charge < -0.3 is 9.84 Å². The van der Waals surface area contributed by atoms with Crippen LogP contribution >= 0.6 is 11.3 Å². The molecule has 0 aliphatic rings. The smallest absolute Gasteiger partial charge is 0.270 e. The van der Waals surface area contributed by atoms with Crippen molar-refractivity contribution in [2.24, 2.45) is 0 Å². The van der Waals surface area contributed by atoms with Gasteiger partial charge in [0.25, 0.3) is 11.8 Å².